The quantitative estimate of drug-likeness (QED) is 0.568. The van der Waals surface area contributed by atoms with Gasteiger partial charge in [-0.25, -0.2) is 18.8 Å². The van der Waals surface area contributed by atoms with Crippen LogP contribution < -0.4 is 11.1 Å². The van der Waals surface area contributed by atoms with Gasteiger partial charge in [-0.1, -0.05) is 36.0 Å². The highest BCUT2D eigenvalue weighted by atomic mass is 32.2. The summed E-state index contributed by atoms with van der Waals surface area (Å²) in [5.41, 5.74) is 4.64. The molecule has 8 nitrogen and oxygen atoms in total. The molecule has 2 aliphatic heterocycles. The van der Waals surface area contributed by atoms with Crippen LogP contribution in [0.5, 0.6) is 0 Å². The first-order valence-corrected chi connectivity index (χ1v) is 11.8. The first-order valence-electron chi connectivity index (χ1n) is 10.8. The normalized spacial score (nSPS) is 23.8. The molecule has 3 N–H and O–H groups in total. The molecule has 0 saturated carbocycles. The number of primary amides is 1. The standard InChI is InChI=1S/C24H20F2N4O4S/c25-15-6-7-16(17(26)9-15)24-12-34-19(22-28-18(10-33-22)20(27)31)8-14(24)11-35-23(30-24)29-21(32)13-4-2-1-3-5-13/h1-7,9-10,14,19H,8,11-12H2,(H2,27,31)(H,29,30,32)/t14-,19+,24-/m0/s1. The number of carbonyl (C=O) groups excluding carboxylic acids is 2. The monoisotopic (exact) mass is 498 g/mol. The van der Waals surface area contributed by atoms with Crippen molar-refractivity contribution in [2.24, 2.45) is 16.6 Å². The van der Waals surface area contributed by atoms with E-state index in [0.717, 1.165) is 12.3 Å². The number of rotatable bonds is 4. The van der Waals surface area contributed by atoms with Crippen molar-refractivity contribution < 1.29 is 27.5 Å². The van der Waals surface area contributed by atoms with E-state index in [2.05, 4.69) is 10.3 Å². The maximum absolute atomic E-state index is 15.0. The van der Waals surface area contributed by atoms with Gasteiger partial charge in [-0.15, -0.1) is 0 Å². The molecular weight excluding hydrogens is 478 g/mol. The number of ether oxygens (including phenoxy) is 1. The number of benzene rings is 2. The van der Waals surface area contributed by atoms with Gasteiger partial charge in [-0.3, -0.25) is 9.59 Å². The molecule has 2 amide bonds. The van der Waals surface area contributed by atoms with Crippen LogP contribution in [0.15, 0.2) is 64.2 Å². The SMILES string of the molecule is NC(=O)c1coc([C@H]2C[C@H]3CSC(NC(=O)c4ccccc4)=N[C@@]3(c3ccc(F)cc3F)CO2)n1. The lowest BCUT2D eigenvalue weighted by atomic mass is 9.75. The number of halogens is 2. The number of carbonyl (C=O) groups is 2. The number of hydrogen-bond donors (Lipinski definition) is 2. The summed E-state index contributed by atoms with van der Waals surface area (Å²) in [5.74, 6) is -2.16. The number of aliphatic imine (C=N–C) groups is 1. The number of oxazole rings is 1. The number of nitrogens with one attached hydrogen (secondary N) is 1. The van der Waals surface area contributed by atoms with Crippen molar-refractivity contribution in [2.75, 3.05) is 12.4 Å². The van der Waals surface area contributed by atoms with Gasteiger partial charge in [0.1, 0.15) is 29.5 Å². The summed E-state index contributed by atoms with van der Waals surface area (Å²) in [5, 5.41) is 3.10. The molecule has 0 radical (unpaired) electrons. The van der Waals surface area contributed by atoms with E-state index in [0.29, 0.717) is 22.9 Å². The average molecular weight is 499 g/mol. The van der Waals surface area contributed by atoms with E-state index in [4.69, 9.17) is 19.9 Å². The molecule has 0 bridgehead atoms. The van der Waals surface area contributed by atoms with Gasteiger partial charge >= 0.3 is 0 Å². The molecule has 0 aliphatic carbocycles. The largest absolute Gasteiger partial charge is 0.445 e. The maximum atomic E-state index is 15.0. The smallest absolute Gasteiger partial charge is 0.270 e. The van der Waals surface area contributed by atoms with E-state index in [1.54, 1.807) is 30.3 Å². The third kappa shape index (κ3) is 4.44. The van der Waals surface area contributed by atoms with Crippen LogP contribution in [0.25, 0.3) is 0 Å². The second-order valence-corrected chi connectivity index (χ2v) is 9.27. The van der Waals surface area contributed by atoms with Crippen LogP contribution in [0.3, 0.4) is 0 Å². The summed E-state index contributed by atoms with van der Waals surface area (Å²) >= 11 is 1.32. The molecular formula is C24H20F2N4O4S. The van der Waals surface area contributed by atoms with Crippen LogP contribution in [0.4, 0.5) is 8.78 Å². The molecule has 11 heteroatoms. The molecule has 0 unspecified atom stereocenters. The molecule has 35 heavy (non-hydrogen) atoms. The number of hydrogen-bond acceptors (Lipinski definition) is 7. The van der Waals surface area contributed by atoms with Crippen molar-refractivity contribution in [3.8, 4) is 0 Å². The minimum atomic E-state index is -1.21. The van der Waals surface area contributed by atoms with E-state index in [-0.39, 0.29) is 35.6 Å². The van der Waals surface area contributed by atoms with E-state index >= 15 is 4.39 Å². The zero-order valence-corrected chi connectivity index (χ0v) is 19.1. The number of aromatic nitrogens is 1. The molecule has 5 rings (SSSR count). The van der Waals surface area contributed by atoms with Gasteiger partial charge in [0.2, 0.25) is 5.89 Å². The Hall–Kier alpha value is -3.57. The fraction of sp³-hybridized carbons (Fsp3) is 0.250. The van der Waals surface area contributed by atoms with Gasteiger partial charge < -0.3 is 20.2 Å². The molecule has 3 heterocycles. The summed E-state index contributed by atoms with van der Waals surface area (Å²) in [6.07, 6.45) is 0.889. The fourth-order valence-electron chi connectivity index (χ4n) is 4.33. The van der Waals surface area contributed by atoms with Gasteiger partial charge in [0, 0.05) is 28.9 Å². The lowest BCUT2D eigenvalue weighted by Crippen LogP contribution is -2.49. The number of nitrogens with zero attached hydrogens (tertiary/aromatic N) is 2. The first kappa shape index (κ1) is 23.2. The van der Waals surface area contributed by atoms with Crippen LogP contribution >= 0.6 is 11.8 Å². The lowest BCUT2D eigenvalue weighted by Gasteiger charge is -2.46. The Morgan fingerprint density at radius 2 is 1.97 bits per heavy atom. The van der Waals surface area contributed by atoms with Crippen molar-refractivity contribution in [3.63, 3.8) is 0 Å². The summed E-state index contributed by atoms with van der Waals surface area (Å²) < 4.78 is 40.1. The van der Waals surface area contributed by atoms with E-state index in [1.807, 2.05) is 0 Å². The van der Waals surface area contributed by atoms with Gasteiger partial charge in [-0.2, -0.15) is 0 Å². The molecule has 3 aromatic rings. The second-order valence-electron chi connectivity index (χ2n) is 8.26. The predicted molar refractivity (Wildman–Crippen MR) is 124 cm³/mol. The Bertz CT molecular complexity index is 1320. The molecule has 1 aromatic heterocycles. The zero-order chi connectivity index (χ0) is 24.6. The Morgan fingerprint density at radius 3 is 2.69 bits per heavy atom. The van der Waals surface area contributed by atoms with Crippen molar-refractivity contribution in [2.45, 2.75) is 18.1 Å². The van der Waals surface area contributed by atoms with Crippen LogP contribution in [-0.4, -0.2) is 34.3 Å². The van der Waals surface area contributed by atoms with E-state index in [1.165, 1.54) is 23.9 Å². The number of thioether (sulfide) groups is 1. The van der Waals surface area contributed by atoms with Crippen LogP contribution in [0, 0.1) is 17.6 Å². The topological polar surface area (TPSA) is 120 Å². The van der Waals surface area contributed by atoms with Gasteiger partial charge in [-0.05, 0) is 24.6 Å². The molecule has 2 aromatic carbocycles. The highest BCUT2D eigenvalue weighted by Gasteiger charge is 2.51. The highest BCUT2D eigenvalue weighted by molar-refractivity contribution is 8.13. The Kier molecular flexibility index (Phi) is 6.12. The van der Waals surface area contributed by atoms with Crippen LogP contribution in [-0.2, 0) is 10.3 Å². The van der Waals surface area contributed by atoms with E-state index < -0.39 is 29.2 Å². The Morgan fingerprint density at radius 1 is 1.17 bits per heavy atom. The summed E-state index contributed by atoms with van der Waals surface area (Å²) in [6.45, 7) is -0.0789. The molecule has 3 atom stereocenters. The van der Waals surface area contributed by atoms with Crippen LogP contribution in [0.2, 0.25) is 0 Å². The van der Waals surface area contributed by atoms with Gasteiger partial charge in [0.15, 0.2) is 10.9 Å². The number of fused-ring (bicyclic) bond motifs is 1. The predicted octanol–water partition coefficient (Wildman–Crippen LogP) is 3.56. The minimum absolute atomic E-state index is 0.0213. The van der Waals surface area contributed by atoms with Crippen molar-refractivity contribution in [1.29, 1.82) is 0 Å². The summed E-state index contributed by atoms with van der Waals surface area (Å²) in [6, 6.07) is 12.0. The fourth-order valence-corrected chi connectivity index (χ4v) is 5.49. The summed E-state index contributed by atoms with van der Waals surface area (Å²) in [4.78, 5) is 32.9. The number of amidine groups is 1. The first-order chi connectivity index (χ1) is 16.9. The molecule has 2 aliphatic rings. The van der Waals surface area contributed by atoms with Crippen molar-refractivity contribution in [1.82, 2.24) is 10.3 Å². The third-order valence-electron chi connectivity index (χ3n) is 6.10. The highest BCUT2D eigenvalue weighted by Crippen LogP contribution is 2.49. The van der Waals surface area contributed by atoms with Gasteiger partial charge in [0.05, 0.1) is 6.61 Å². The molecule has 1 saturated heterocycles. The average Bonchev–Trinajstić information content (AvgIpc) is 3.35. The lowest BCUT2D eigenvalue weighted by molar-refractivity contribution is -0.0698. The molecule has 180 valence electrons. The summed E-state index contributed by atoms with van der Waals surface area (Å²) in [7, 11) is 0. The second kappa shape index (κ2) is 9.23. The van der Waals surface area contributed by atoms with Crippen molar-refractivity contribution >= 4 is 28.7 Å². The minimum Gasteiger partial charge on any atom is -0.445 e. The Labute approximate surface area is 203 Å². The number of amides is 2. The molecule has 0 spiro atoms. The zero-order valence-electron chi connectivity index (χ0n) is 18.2. The van der Waals surface area contributed by atoms with E-state index in [9.17, 15) is 14.0 Å². The van der Waals surface area contributed by atoms with Gasteiger partial charge in [0.25, 0.3) is 11.8 Å². The van der Waals surface area contributed by atoms with Crippen LogP contribution in [0.1, 0.15) is 44.8 Å². The third-order valence-corrected chi connectivity index (χ3v) is 7.14. The number of nitrogens with two attached hydrogens (primary N) is 1. The van der Waals surface area contributed by atoms with Crippen molar-refractivity contribution in [3.05, 3.63) is 89.1 Å². The Balaban J connectivity index is 1.48. The molecule has 1 fully saturated rings. The maximum Gasteiger partial charge on any atom is 0.270 e.